The summed E-state index contributed by atoms with van der Waals surface area (Å²) in [5.41, 5.74) is 0. The van der Waals surface area contributed by atoms with Crippen LogP contribution in [-0.4, -0.2) is 23.8 Å². The van der Waals surface area contributed by atoms with Crippen LogP contribution >= 0.6 is 0 Å². The molecule has 11 heavy (non-hydrogen) atoms. The minimum atomic E-state index is -0.0261. The molecule has 1 heterocycles. The first-order chi connectivity index (χ1) is 5.36. The Morgan fingerprint density at radius 1 is 1.18 bits per heavy atom. The first kappa shape index (κ1) is 7.56. The van der Waals surface area contributed by atoms with E-state index in [1.807, 2.05) is 0 Å². The zero-order valence-corrected chi connectivity index (χ0v) is 6.92. The summed E-state index contributed by atoms with van der Waals surface area (Å²) in [5.74, 6) is 0.868. The number of hydrogen-bond acceptors (Lipinski definition) is 2. The van der Waals surface area contributed by atoms with E-state index in [4.69, 9.17) is 0 Å². The summed E-state index contributed by atoms with van der Waals surface area (Å²) in [6.45, 7) is 1.16. The Morgan fingerprint density at radius 2 is 2.09 bits per heavy atom. The molecule has 1 saturated carbocycles. The van der Waals surface area contributed by atoms with E-state index in [2.05, 4.69) is 5.32 Å². The van der Waals surface area contributed by atoms with E-state index in [-0.39, 0.29) is 6.10 Å². The first-order valence-corrected chi connectivity index (χ1v) is 4.78. The average Bonchev–Trinajstić information content (AvgIpc) is 2.04. The van der Waals surface area contributed by atoms with E-state index in [1.165, 1.54) is 19.3 Å². The lowest BCUT2D eigenvalue weighted by atomic mass is 9.78. The molecule has 0 aromatic rings. The highest BCUT2D eigenvalue weighted by atomic mass is 16.3. The monoisotopic (exact) mass is 155 g/mol. The number of aliphatic hydroxyl groups is 1. The maximum absolute atomic E-state index is 9.41. The number of aliphatic hydroxyl groups excluding tert-OH is 1. The molecule has 0 radical (unpaired) electrons. The third-order valence-electron chi connectivity index (χ3n) is 3.12. The van der Waals surface area contributed by atoms with Crippen molar-refractivity contribution in [3.05, 3.63) is 0 Å². The molecule has 1 aliphatic carbocycles. The van der Waals surface area contributed by atoms with Crippen LogP contribution in [0.25, 0.3) is 0 Å². The van der Waals surface area contributed by atoms with Crippen LogP contribution in [0.15, 0.2) is 0 Å². The van der Waals surface area contributed by atoms with Crippen LogP contribution in [0.3, 0.4) is 0 Å². The Balaban J connectivity index is 1.93. The van der Waals surface area contributed by atoms with E-state index in [0.29, 0.717) is 6.04 Å². The molecular weight excluding hydrogens is 138 g/mol. The SMILES string of the molecule is OC1CCC2CCCNC2C1. The minimum Gasteiger partial charge on any atom is -0.393 e. The smallest absolute Gasteiger partial charge is 0.0555 e. The Hall–Kier alpha value is -0.0800. The van der Waals surface area contributed by atoms with E-state index >= 15 is 0 Å². The molecule has 0 bridgehead atoms. The van der Waals surface area contributed by atoms with Gasteiger partial charge in [0.25, 0.3) is 0 Å². The predicted molar refractivity (Wildman–Crippen MR) is 44.4 cm³/mol. The highest BCUT2D eigenvalue weighted by Crippen LogP contribution is 2.30. The van der Waals surface area contributed by atoms with Crippen molar-refractivity contribution in [2.24, 2.45) is 5.92 Å². The summed E-state index contributed by atoms with van der Waals surface area (Å²) >= 11 is 0. The molecule has 2 nitrogen and oxygen atoms in total. The maximum Gasteiger partial charge on any atom is 0.0555 e. The van der Waals surface area contributed by atoms with Crippen molar-refractivity contribution in [2.45, 2.75) is 44.2 Å². The standard InChI is InChI=1S/C9H17NO/c11-8-4-3-7-2-1-5-10-9(7)6-8/h7-11H,1-6H2. The number of nitrogens with one attached hydrogen (secondary N) is 1. The van der Waals surface area contributed by atoms with Crippen molar-refractivity contribution in [3.8, 4) is 0 Å². The van der Waals surface area contributed by atoms with Gasteiger partial charge in [-0.2, -0.15) is 0 Å². The van der Waals surface area contributed by atoms with Crippen LogP contribution in [0.1, 0.15) is 32.1 Å². The third kappa shape index (κ3) is 1.57. The molecule has 3 atom stereocenters. The van der Waals surface area contributed by atoms with Crippen LogP contribution < -0.4 is 5.32 Å². The Kier molecular flexibility index (Phi) is 2.14. The van der Waals surface area contributed by atoms with Gasteiger partial charge in [-0.15, -0.1) is 0 Å². The molecule has 0 aromatic carbocycles. The van der Waals surface area contributed by atoms with E-state index in [1.54, 1.807) is 0 Å². The van der Waals surface area contributed by atoms with Crippen molar-refractivity contribution < 1.29 is 5.11 Å². The normalized spacial score (nSPS) is 45.0. The van der Waals surface area contributed by atoms with Crippen LogP contribution in [0.4, 0.5) is 0 Å². The average molecular weight is 155 g/mol. The highest BCUT2D eigenvalue weighted by Gasteiger charge is 2.30. The molecule has 0 aromatic heterocycles. The number of hydrogen-bond donors (Lipinski definition) is 2. The molecule has 2 rings (SSSR count). The molecule has 1 saturated heterocycles. The summed E-state index contributed by atoms with van der Waals surface area (Å²) in [7, 11) is 0. The summed E-state index contributed by atoms with van der Waals surface area (Å²) < 4.78 is 0. The highest BCUT2D eigenvalue weighted by molar-refractivity contribution is 4.87. The fourth-order valence-corrected chi connectivity index (χ4v) is 2.46. The second kappa shape index (κ2) is 3.11. The molecule has 0 spiro atoms. The molecule has 64 valence electrons. The molecule has 1 aliphatic heterocycles. The first-order valence-electron chi connectivity index (χ1n) is 4.78. The fourth-order valence-electron chi connectivity index (χ4n) is 2.46. The van der Waals surface area contributed by atoms with Crippen LogP contribution in [0.2, 0.25) is 0 Å². The van der Waals surface area contributed by atoms with Gasteiger partial charge in [-0.25, -0.2) is 0 Å². The van der Waals surface area contributed by atoms with Crippen molar-refractivity contribution in [1.29, 1.82) is 0 Å². The topological polar surface area (TPSA) is 32.3 Å². The lowest BCUT2D eigenvalue weighted by Gasteiger charge is -2.38. The van der Waals surface area contributed by atoms with Gasteiger partial charge >= 0.3 is 0 Å². The van der Waals surface area contributed by atoms with Crippen molar-refractivity contribution >= 4 is 0 Å². The number of piperidine rings is 1. The van der Waals surface area contributed by atoms with Gasteiger partial charge in [0.2, 0.25) is 0 Å². The lowest BCUT2D eigenvalue weighted by Crippen LogP contribution is -2.46. The third-order valence-corrected chi connectivity index (χ3v) is 3.12. The summed E-state index contributed by atoms with van der Waals surface area (Å²) in [6, 6.07) is 0.632. The molecule has 3 unspecified atom stereocenters. The quantitative estimate of drug-likeness (QED) is 0.544. The summed E-state index contributed by atoms with van der Waals surface area (Å²) in [5, 5.41) is 12.9. The van der Waals surface area contributed by atoms with Crippen molar-refractivity contribution in [2.75, 3.05) is 6.54 Å². The van der Waals surface area contributed by atoms with Crippen LogP contribution in [0.5, 0.6) is 0 Å². The van der Waals surface area contributed by atoms with E-state index in [0.717, 1.165) is 25.3 Å². The van der Waals surface area contributed by atoms with Gasteiger partial charge in [0.15, 0.2) is 0 Å². The zero-order valence-electron chi connectivity index (χ0n) is 6.92. The molecule has 2 N–H and O–H groups in total. The van der Waals surface area contributed by atoms with Gasteiger partial charge in [0.1, 0.15) is 0 Å². The van der Waals surface area contributed by atoms with Gasteiger partial charge < -0.3 is 10.4 Å². The largest absolute Gasteiger partial charge is 0.393 e. The Labute approximate surface area is 68.0 Å². The summed E-state index contributed by atoms with van der Waals surface area (Å²) in [4.78, 5) is 0. The maximum atomic E-state index is 9.41. The van der Waals surface area contributed by atoms with Crippen molar-refractivity contribution in [1.82, 2.24) is 5.32 Å². The van der Waals surface area contributed by atoms with Gasteiger partial charge in [-0.05, 0) is 44.6 Å². The molecule has 2 fully saturated rings. The molecule has 0 amide bonds. The Morgan fingerprint density at radius 3 is 3.00 bits per heavy atom. The second-order valence-corrected chi connectivity index (χ2v) is 3.93. The van der Waals surface area contributed by atoms with E-state index in [9.17, 15) is 5.11 Å². The van der Waals surface area contributed by atoms with Gasteiger partial charge in [0.05, 0.1) is 6.10 Å². The van der Waals surface area contributed by atoms with Crippen LogP contribution in [-0.2, 0) is 0 Å². The van der Waals surface area contributed by atoms with Crippen molar-refractivity contribution in [3.63, 3.8) is 0 Å². The molecule has 2 heteroatoms. The van der Waals surface area contributed by atoms with Gasteiger partial charge in [0, 0.05) is 6.04 Å². The second-order valence-electron chi connectivity index (χ2n) is 3.93. The zero-order chi connectivity index (χ0) is 7.68. The van der Waals surface area contributed by atoms with Crippen LogP contribution in [0, 0.1) is 5.92 Å². The lowest BCUT2D eigenvalue weighted by molar-refractivity contribution is 0.0711. The van der Waals surface area contributed by atoms with Gasteiger partial charge in [-0.1, -0.05) is 0 Å². The molecule has 2 aliphatic rings. The van der Waals surface area contributed by atoms with Gasteiger partial charge in [-0.3, -0.25) is 0 Å². The Bertz CT molecular complexity index is 138. The van der Waals surface area contributed by atoms with E-state index < -0.39 is 0 Å². The number of rotatable bonds is 0. The fraction of sp³-hybridized carbons (Fsp3) is 1.00. The molecular formula is C9H17NO. The number of fused-ring (bicyclic) bond motifs is 1. The summed E-state index contributed by atoms with van der Waals surface area (Å²) in [6.07, 6.45) is 5.94. The predicted octanol–water partition coefficient (Wildman–Crippen LogP) is 0.899. The minimum absolute atomic E-state index is 0.0261.